The zero-order valence-electron chi connectivity index (χ0n) is 19.6. The normalized spacial score (nSPS) is 11.2. The van der Waals surface area contributed by atoms with Crippen LogP contribution >= 0.6 is 0 Å². The Balaban J connectivity index is 1.82. The molecule has 2 amide bonds. The molecule has 170 valence electrons. The zero-order chi connectivity index (χ0) is 23.9. The third-order valence-electron chi connectivity index (χ3n) is 5.51. The van der Waals surface area contributed by atoms with Crippen LogP contribution < -0.4 is 10.6 Å². The zero-order valence-corrected chi connectivity index (χ0v) is 19.6. The Morgan fingerprint density at radius 3 is 2.36 bits per heavy atom. The standard InChI is InChI=1S/C25H27N5O3/c1-13(2)30-24-20(12-26-30)19(11-23(28-24)18-10-14(3)33-16(18)5)25(32)29-22-9-7-8-21(15(22)4)27-17(6)31/h7-13H,1-6H3,(H,27,31)(H,29,32). The highest BCUT2D eigenvalue weighted by molar-refractivity contribution is 6.13. The van der Waals surface area contributed by atoms with Crippen molar-refractivity contribution in [3.8, 4) is 11.3 Å². The molecular formula is C25H27N5O3. The largest absolute Gasteiger partial charge is 0.466 e. The molecule has 0 bridgehead atoms. The fourth-order valence-corrected chi connectivity index (χ4v) is 3.89. The number of anilines is 2. The van der Waals surface area contributed by atoms with Gasteiger partial charge in [-0.25, -0.2) is 9.67 Å². The van der Waals surface area contributed by atoms with Gasteiger partial charge in [0.05, 0.1) is 22.8 Å². The molecule has 3 heterocycles. The van der Waals surface area contributed by atoms with Gasteiger partial charge in [0, 0.05) is 29.9 Å². The second kappa shape index (κ2) is 8.54. The molecule has 4 aromatic rings. The molecule has 0 aliphatic rings. The lowest BCUT2D eigenvalue weighted by molar-refractivity contribution is -0.114. The number of pyridine rings is 1. The van der Waals surface area contributed by atoms with E-state index >= 15 is 0 Å². The Morgan fingerprint density at radius 2 is 1.76 bits per heavy atom. The number of fused-ring (bicyclic) bond motifs is 1. The van der Waals surface area contributed by atoms with Crippen molar-refractivity contribution in [1.29, 1.82) is 0 Å². The summed E-state index contributed by atoms with van der Waals surface area (Å²) in [4.78, 5) is 29.8. The number of nitrogens with zero attached hydrogens (tertiary/aromatic N) is 3. The molecule has 33 heavy (non-hydrogen) atoms. The Morgan fingerprint density at radius 1 is 1.06 bits per heavy atom. The number of hydrogen-bond acceptors (Lipinski definition) is 5. The first kappa shape index (κ1) is 22.3. The van der Waals surface area contributed by atoms with E-state index < -0.39 is 0 Å². The topological polar surface area (TPSA) is 102 Å². The molecule has 8 nitrogen and oxygen atoms in total. The summed E-state index contributed by atoms with van der Waals surface area (Å²) >= 11 is 0. The minimum Gasteiger partial charge on any atom is -0.466 e. The predicted octanol–water partition coefficient (Wildman–Crippen LogP) is 5.41. The number of aryl methyl sites for hydroxylation is 2. The van der Waals surface area contributed by atoms with Crippen LogP contribution in [0, 0.1) is 20.8 Å². The summed E-state index contributed by atoms with van der Waals surface area (Å²) in [5.74, 6) is 1.06. The number of amides is 2. The molecule has 0 fully saturated rings. The SMILES string of the molecule is CC(=O)Nc1cccc(NC(=O)c2cc(-c3cc(C)oc3C)nc3c2cnn3C(C)C)c1C. The summed E-state index contributed by atoms with van der Waals surface area (Å²) in [5, 5.41) is 10.9. The van der Waals surface area contributed by atoms with E-state index in [0.717, 1.165) is 22.6 Å². The lowest BCUT2D eigenvalue weighted by Gasteiger charge is -2.14. The molecule has 0 unspecified atom stereocenters. The van der Waals surface area contributed by atoms with E-state index in [1.165, 1.54) is 6.92 Å². The van der Waals surface area contributed by atoms with Crippen molar-refractivity contribution in [2.45, 2.75) is 47.6 Å². The van der Waals surface area contributed by atoms with Crippen LogP contribution in [0.1, 0.15) is 54.3 Å². The first-order chi connectivity index (χ1) is 15.7. The summed E-state index contributed by atoms with van der Waals surface area (Å²) < 4.78 is 7.51. The van der Waals surface area contributed by atoms with Crippen LogP contribution in [0.5, 0.6) is 0 Å². The van der Waals surface area contributed by atoms with E-state index in [9.17, 15) is 9.59 Å². The van der Waals surface area contributed by atoms with Crippen LogP contribution in [0.4, 0.5) is 11.4 Å². The fraction of sp³-hybridized carbons (Fsp3) is 0.280. The summed E-state index contributed by atoms with van der Waals surface area (Å²) in [6.45, 7) is 11.1. The summed E-state index contributed by atoms with van der Waals surface area (Å²) in [7, 11) is 0. The first-order valence-electron chi connectivity index (χ1n) is 10.8. The molecule has 3 aromatic heterocycles. The summed E-state index contributed by atoms with van der Waals surface area (Å²) in [6, 6.07) is 9.15. The molecule has 8 heteroatoms. The molecule has 0 aliphatic carbocycles. The number of nitrogens with one attached hydrogen (secondary N) is 2. The maximum Gasteiger partial charge on any atom is 0.256 e. The van der Waals surface area contributed by atoms with Gasteiger partial charge in [-0.1, -0.05) is 6.07 Å². The average molecular weight is 446 g/mol. The summed E-state index contributed by atoms with van der Waals surface area (Å²) in [5.41, 5.74) is 4.61. The molecule has 0 atom stereocenters. The molecule has 0 saturated heterocycles. The van der Waals surface area contributed by atoms with Gasteiger partial charge < -0.3 is 15.1 Å². The number of carbonyl (C=O) groups excluding carboxylic acids is 2. The van der Waals surface area contributed by atoms with E-state index in [1.54, 1.807) is 35.1 Å². The molecule has 0 radical (unpaired) electrons. The van der Waals surface area contributed by atoms with Crippen molar-refractivity contribution in [3.63, 3.8) is 0 Å². The minimum atomic E-state index is -0.284. The molecule has 0 spiro atoms. The van der Waals surface area contributed by atoms with E-state index in [0.29, 0.717) is 33.7 Å². The van der Waals surface area contributed by atoms with Gasteiger partial charge >= 0.3 is 0 Å². The fourth-order valence-electron chi connectivity index (χ4n) is 3.89. The van der Waals surface area contributed by atoms with Crippen molar-refractivity contribution < 1.29 is 14.0 Å². The Hall–Kier alpha value is -3.94. The van der Waals surface area contributed by atoms with Gasteiger partial charge in [-0.3, -0.25) is 9.59 Å². The van der Waals surface area contributed by atoms with E-state index in [4.69, 9.17) is 9.40 Å². The van der Waals surface area contributed by atoms with Crippen LogP contribution in [0.25, 0.3) is 22.3 Å². The highest BCUT2D eigenvalue weighted by Crippen LogP contribution is 2.31. The molecule has 0 saturated carbocycles. The van der Waals surface area contributed by atoms with Gasteiger partial charge in [-0.2, -0.15) is 5.10 Å². The lowest BCUT2D eigenvalue weighted by Crippen LogP contribution is -2.15. The Labute approximate surface area is 192 Å². The number of benzene rings is 1. The van der Waals surface area contributed by atoms with Gasteiger partial charge in [0.2, 0.25) is 5.91 Å². The van der Waals surface area contributed by atoms with Gasteiger partial charge in [0.25, 0.3) is 5.91 Å². The minimum absolute atomic E-state index is 0.0740. The number of aromatic nitrogens is 3. The third kappa shape index (κ3) is 4.24. The van der Waals surface area contributed by atoms with Crippen LogP contribution in [-0.4, -0.2) is 26.6 Å². The second-order valence-electron chi connectivity index (χ2n) is 8.42. The number of hydrogen-bond donors (Lipinski definition) is 2. The third-order valence-corrected chi connectivity index (χ3v) is 5.51. The van der Waals surface area contributed by atoms with E-state index in [2.05, 4.69) is 15.7 Å². The van der Waals surface area contributed by atoms with E-state index in [-0.39, 0.29) is 17.9 Å². The quantitative estimate of drug-likeness (QED) is 0.428. The van der Waals surface area contributed by atoms with Gasteiger partial charge in [-0.15, -0.1) is 0 Å². The van der Waals surface area contributed by atoms with Crippen LogP contribution in [0.3, 0.4) is 0 Å². The Kier molecular flexibility index (Phi) is 5.76. The molecular weight excluding hydrogens is 418 g/mol. The van der Waals surface area contributed by atoms with E-state index in [1.807, 2.05) is 40.7 Å². The molecule has 0 aliphatic heterocycles. The number of carbonyl (C=O) groups is 2. The predicted molar refractivity (Wildman–Crippen MR) is 129 cm³/mol. The van der Waals surface area contributed by atoms with Crippen molar-refractivity contribution in [2.75, 3.05) is 10.6 Å². The van der Waals surface area contributed by atoms with Gasteiger partial charge in [-0.05, 0) is 64.4 Å². The second-order valence-corrected chi connectivity index (χ2v) is 8.42. The first-order valence-corrected chi connectivity index (χ1v) is 10.8. The van der Waals surface area contributed by atoms with Crippen LogP contribution in [0.15, 0.2) is 40.9 Å². The molecule has 4 rings (SSSR count). The highest BCUT2D eigenvalue weighted by atomic mass is 16.3. The van der Waals surface area contributed by atoms with Crippen LogP contribution in [-0.2, 0) is 4.79 Å². The number of rotatable bonds is 5. The van der Waals surface area contributed by atoms with Crippen LogP contribution in [0.2, 0.25) is 0 Å². The summed E-state index contributed by atoms with van der Waals surface area (Å²) in [6.07, 6.45) is 1.68. The lowest BCUT2D eigenvalue weighted by atomic mass is 10.1. The molecule has 1 aromatic carbocycles. The van der Waals surface area contributed by atoms with Gasteiger partial charge in [0.1, 0.15) is 11.5 Å². The maximum absolute atomic E-state index is 13.5. The average Bonchev–Trinajstić information content (AvgIpc) is 3.32. The highest BCUT2D eigenvalue weighted by Gasteiger charge is 2.21. The van der Waals surface area contributed by atoms with Gasteiger partial charge in [0.15, 0.2) is 5.65 Å². The smallest absolute Gasteiger partial charge is 0.256 e. The maximum atomic E-state index is 13.5. The Bertz CT molecular complexity index is 1380. The number of furan rings is 1. The molecule has 2 N–H and O–H groups in total. The van der Waals surface area contributed by atoms with Crippen molar-refractivity contribution in [2.24, 2.45) is 0 Å². The van der Waals surface area contributed by atoms with Crippen molar-refractivity contribution >= 4 is 34.2 Å². The monoisotopic (exact) mass is 445 g/mol. The van der Waals surface area contributed by atoms with Crippen molar-refractivity contribution in [3.05, 3.63) is 59.2 Å². The van der Waals surface area contributed by atoms with Crippen molar-refractivity contribution in [1.82, 2.24) is 14.8 Å².